The van der Waals surface area contributed by atoms with Gasteiger partial charge in [-0.15, -0.1) is 0 Å². The first-order chi connectivity index (χ1) is 35.0. The molecule has 71 heavy (non-hydrogen) atoms. The molecular formula is C65H98O6. The van der Waals surface area contributed by atoms with E-state index in [1.807, 2.05) is 0 Å². The maximum Gasteiger partial charge on any atom is 0.306 e. The molecule has 0 heterocycles. The maximum absolute atomic E-state index is 12.9. The highest BCUT2D eigenvalue weighted by molar-refractivity contribution is 6.23. The Morgan fingerprint density at radius 2 is 0.761 bits per heavy atom. The smallest absolute Gasteiger partial charge is 0.306 e. The molecule has 1 unspecified atom stereocenters. The van der Waals surface area contributed by atoms with Crippen molar-refractivity contribution in [1.82, 2.24) is 0 Å². The van der Waals surface area contributed by atoms with Gasteiger partial charge < -0.3 is 14.2 Å². The van der Waals surface area contributed by atoms with Gasteiger partial charge in [0.25, 0.3) is 0 Å². The number of hydrogen-bond donors (Lipinski definition) is 0. The lowest BCUT2D eigenvalue weighted by molar-refractivity contribution is -0.167. The van der Waals surface area contributed by atoms with Gasteiger partial charge in [0.2, 0.25) is 0 Å². The van der Waals surface area contributed by atoms with Crippen molar-refractivity contribution in [3.05, 3.63) is 84.5 Å². The fraction of sp³-hybridized carbons (Fsp3) is 0.646. The lowest BCUT2D eigenvalue weighted by atomic mass is 9.90. The van der Waals surface area contributed by atoms with E-state index in [1.165, 1.54) is 166 Å². The highest BCUT2D eigenvalue weighted by atomic mass is 16.6. The van der Waals surface area contributed by atoms with Gasteiger partial charge in [-0.2, -0.15) is 0 Å². The van der Waals surface area contributed by atoms with E-state index in [2.05, 4.69) is 92.7 Å². The summed E-state index contributed by atoms with van der Waals surface area (Å²) in [5.41, 5.74) is 1.44. The Morgan fingerprint density at radius 3 is 1.23 bits per heavy atom. The van der Waals surface area contributed by atoms with Gasteiger partial charge in [0.1, 0.15) is 13.2 Å². The predicted octanol–water partition coefficient (Wildman–Crippen LogP) is 19.3. The standard InChI is InChI=1S/C65H98O6/c1-3-5-7-9-11-13-15-17-19-21-23-25-29-33-37-44-61(66)69-53-59(71-63(68)46-39-35-30-26-24-22-20-18-16-14-12-10-8-6-4-2)54-70-62(67)45-38-34-31-27-28-32-36-41-55-47-48-58-50-49-56-42-40-43-57-51-52-60(55)65(58)64(56)57/h17-20,40,42-43,47-52,59H,3-16,21-39,41,44-46,53-54H2,1-2H3/b19-17+,20-18+. The second kappa shape index (κ2) is 39.4. The van der Waals surface area contributed by atoms with Crippen LogP contribution in [-0.2, 0) is 35.0 Å². The maximum atomic E-state index is 12.9. The summed E-state index contributed by atoms with van der Waals surface area (Å²) in [6, 6.07) is 20.3. The van der Waals surface area contributed by atoms with E-state index >= 15 is 0 Å². The predicted molar refractivity (Wildman–Crippen MR) is 301 cm³/mol. The van der Waals surface area contributed by atoms with Crippen LogP contribution in [0.4, 0.5) is 0 Å². The van der Waals surface area contributed by atoms with E-state index < -0.39 is 6.10 Å². The molecule has 0 aromatic heterocycles. The Kier molecular flexibility index (Phi) is 32.9. The monoisotopic (exact) mass is 975 g/mol. The van der Waals surface area contributed by atoms with E-state index in [9.17, 15) is 14.4 Å². The fourth-order valence-corrected chi connectivity index (χ4v) is 10.0. The van der Waals surface area contributed by atoms with Crippen molar-refractivity contribution in [3.63, 3.8) is 0 Å². The van der Waals surface area contributed by atoms with Gasteiger partial charge >= 0.3 is 17.9 Å². The minimum absolute atomic E-state index is 0.0913. The third kappa shape index (κ3) is 26.4. The molecule has 6 nitrogen and oxygen atoms in total. The van der Waals surface area contributed by atoms with E-state index in [4.69, 9.17) is 14.2 Å². The molecule has 0 fully saturated rings. The van der Waals surface area contributed by atoms with Crippen molar-refractivity contribution in [2.24, 2.45) is 0 Å². The molecule has 4 aromatic carbocycles. The molecule has 0 spiro atoms. The van der Waals surface area contributed by atoms with Gasteiger partial charge in [-0.05, 0) is 121 Å². The summed E-state index contributed by atoms with van der Waals surface area (Å²) in [5.74, 6) is -0.913. The summed E-state index contributed by atoms with van der Waals surface area (Å²) in [7, 11) is 0. The summed E-state index contributed by atoms with van der Waals surface area (Å²) in [4.78, 5) is 38.4. The van der Waals surface area contributed by atoms with Gasteiger partial charge in [0.15, 0.2) is 6.10 Å². The molecule has 1 atom stereocenters. The summed E-state index contributed by atoms with van der Waals surface area (Å²) >= 11 is 0. The van der Waals surface area contributed by atoms with Crippen LogP contribution >= 0.6 is 0 Å². The third-order valence-corrected chi connectivity index (χ3v) is 14.4. The Hall–Kier alpha value is -4.19. The second-order valence-corrected chi connectivity index (χ2v) is 20.7. The first-order valence-corrected chi connectivity index (χ1v) is 29.5. The van der Waals surface area contributed by atoms with Gasteiger partial charge in [0, 0.05) is 19.3 Å². The number of unbranched alkanes of at least 4 members (excludes halogenated alkanes) is 28. The number of benzene rings is 4. The van der Waals surface area contributed by atoms with Crippen molar-refractivity contribution in [2.75, 3.05) is 13.2 Å². The zero-order chi connectivity index (χ0) is 50.2. The molecule has 0 aliphatic rings. The Bertz CT molecular complexity index is 2030. The molecular weight excluding hydrogens is 877 g/mol. The van der Waals surface area contributed by atoms with Crippen molar-refractivity contribution in [1.29, 1.82) is 0 Å². The van der Waals surface area contributed by atoms with Crippen LogP contribution in [0.3, 0.4) is 0 Å². The largest absolute Gasteiger partial charge is 0.462 e. The Balaban J connectivity index is 1.06. The number of rotatable bonds is 45. The van der Waals surface area contributed by atoms with Crippen molar-refractivity contribution >= 4 is 50.2 Å². The Morgan fingerprint density at radius 1 is 0.394 bits per heavy atom. The number of ether oxygens (including phenoxy) is 3. The van der Waals surface area contributed by atoms with E-state index in [1.54, 1.807) is 0 Å². The van der Waals surface area contributed by atoms with Crippen molar-refractivity contribution in [3.8, 4) is 0 Å². The molecule has 0 aliphatic carbocycles. The third-order valence-electron chi connectivity index (χ3n) is 14.4. The number of allylic oxidation sites excluding steroid dienone is 4. The lowest BCUT2D eigenvalue weighted by Gasteiger charge is -2.18. The van der Waals surface area contributed by atoms with Crippen LogP contribution in [0.1, 0.15) is 251 Å². The molecule has 0 amide bonds. The van der Waals surface area contributed by atoms with Crippen LogP contribution < -0.4 is 0 Å². The van der Waals surface area contributed by atoms with Crippen molar-refractivity contribution < 1.29 is 28.6 Å². The molecule has 0 bridgehead atoms. The zero-order valence-corrected chi connectivity index (χ0v) is 45.1. The summed E-state index contributed by atoms with van der Waals surface area (Å²) in [5, 5.41) is 8.12. The quantitative estimate of drug-likeness (QED) is 0.0144. The average Bonchev–Trinajstić information content (AvgIpc) is 3.38. The SMILES string of the molecule is CCCCCCCC/C=C/CCCCCCCC(=O)OCC(COC(=O)CCCCCCCCCc1ccc2ccc3cccc4ccc1c2c34)OC(=O)CCCCCCC/C=C/CCCCCCCC. The molecule has 0 radical (unpaired) electrons. The van der Waals surface area contributed by atoms with Gasteiger partial charge in [-0.1, -0.05) is 228 Å². The molecule has 4 aromatic rings. The zero-order valence-electron chi connectivity index (χ0n) is 45.1. The highest BCUT2D eigenvalue weighted by Gasteiger charge is 2.20. The number of esters is 3. The van der Waals surface area contributed by atoms with Gasteiger partial charge in [-0.25, -0.2) is 0 Å². The van der Waals surface area contributed by atoms with Crippen LogP contribution in [-0.4, -0.2) is 37.2 Å². The number of aryl methyl sites for hydroxylation is 1. The van der Waals surface area contributed by atoms with Crippen LogP contribution in [0.15, 0.2) is 78.9 Å². The van der Waals surface area contributed by atoms with Crippen LogP contribution in [0.2, 0.25) is 0 Å². The number of carbonyl (C=O) groups is 3. The summed E-state index contributed by atoms with van der Waals surface area (Å²) in [6.45, 7) is 4.34. The topological polar surface area (TPSA) is 78.9 Å². The van der Waals surface area contributed by atoms with E-state index in [-0.39, 0.29) is 31.1 Å². The molecule has 0 N–H and O–H groups in total. The molecule has 394 valence electrons. The highest BCUT2D eigenvalue weighted by Crippen LogP contribution is 2.36. The fourth-order valence-electron chi connectivity index (χ4n) is 10.0. The first kappa shape index (κ1) is 59.4. The van der Waals surface area contributed by atoms with Crippen LogP contribution in [0.5, 0.6) is 0 Å². The molecule has 0 saturated carbocycles. The lowest BCUT2D eigenvalue weighted by Crippen LogP contribution is -2.30. The van der Waals surface area contributed by atoms with Gasteiger partial charge in [-0.3, -0.25) is 14.4 Å². The van der Waals surface area contributed by atoms with Crippen LogP contribution in [0, 0.1) is 0 Å². The van der Waals surface area contributed by atoms with E-state index in [0.717, 1.165) is 89.9 Å². The first-order valence-electron chi connectivity index (χ1n) is 29.5. The molecule has 4 rings (SSSR count). The minimum atomic E-state index is -0.797. The Labute approximate surface area is 432 Å². The molecule has 0 aliphatic heterocycles. The summed E-state index contributed by atoms with van der Waals surface area (Å²) in [6.07, 6.45) is 49.3. The van der Waals surface area contributed by atoms with Crippen molar-refractivity contribution in [2.45, 2.75) is 258 Å². The minimum Gasteiger partial charge on any atom is -0.462 e. The van der Waals surface area contributed by atoms with Gasteiger partial charge in [0.05, 0.1) is 0 Å². The normalized spacial score (nSPS) is 12.3. The average molecular weight is 975 g/mol. The van der Waals surface area contributed by atoms with Crippen LogP contribution in [0.25, 0.3) is 32.3 Å². The second-order valence-electron chi connectivity index (χ2n) is 20.7. The molecule has 0 saturated heterocycles. The number of carbonyl (C=O) groups excluding carboxylic acids is 3. The number of hydrogen-bond acceptors (Lipinski definition) is 6. The summed E-state index contributed by atoms with van der Waals surface area (Å²) < 4.78 is 17.0. The van der Waals surface area contributed by atoms with E-state index in [0.29, 0.717) is 19.3 Å². The molecule has 6 heteroatoms.